The number of rotatable bonds is 5. The highest BCUT2D eigenvalue weighted by Gasteiger charge is 2.25. The van der Waals surface area contributed by atoms with Gasteiger partial charge < -0.3 is 4.74 Å². The van der Waals surface area contributed by atoms with Gasteiger partial charge in [-0.3, -0.25) is 4.79 Å². The highest BCUT2D eigenvalue weighted by atomic mass is 16.5. The molecule has 0 fully saturated rings. The molecule has 2 rings (SSSR count). The molecule has 1 aromatic rings. The van der Waals surface area contributed by atoms with E-state index in [1.807, 2.05) is 25.1 Å². The second-order valence-electron chi connectivity index (χ2n) is 7.51. The van der Waals surface area contributed by atoms with Gasteiger partial charge in [-0.15, -0.1) is 0 Å². The molecule has 0 spiro atoms. The molecule has 1 aliphatic carbocycles. The predicted molar refractivity (Wildman–Crippen MR) is 104 cm³/mol. The zero-order valence-electron chi connectivity index (χ0n) is 15.8. The van der Waals surface area contributed by atoms with Crippen LogP contribution in [0.2, 0.25) is 0 Å². The third kappa shape index (κ3) is 4.61. The Bertz CT molecular complexity index is 725. The number of hydrogen-bond acceptors (Lipinski definition) is 2. The van der Waals surface area contributed by atoms with Crippen LogP contribution in [0.4, 0.5) is 0 Å². The van der Waals surface area contributed by atoms with Gasteiger partial charge in [-0.2, -0.15) is 0 Å². The van der Waals surface area contributed by atoms with Gasteiger partial charge in [0.15, 0.2) is 0 Å². The van der Waals surface area contributed by atoms with E-state index in [9.17, 15) is 4.79 Å². The van der Waals surface area contributed by atoms with E-state index in [1.165, 1.54) is 0 Å². The van der Waals surface area contributed by atoms with E-state index < -0.39 is 0 Å². The van der Waals surface area contributed by atoms with Crippen LogP contribution in [0.15, 0.2) is 66.6 Å². The first-order valence-corrected chi connectivity index (χ1v) is 8.85. The summed E-state index contributed by atoms with van der Waals surface area (Å²) in [6.07, 6.45) is 11.1. The van der Waals surface area contributed by atoms with Crippen molar-refractivity contribution in [3.05, 3.63) is 77.8 Å². The third-order valence-electron chi connectivity index (χ3n) is 4.67. The molecule has 1 atom stereocenters. The van der Waals surface area contributed by atoms with Crippen molar-refractivity contribution in [2.45, 2.75) is 46.0 Å². The summed E-state index contributed by atoms with van der Waals surface area (Å²) in [5.41, 5.74) is 4.35. The summed E-state index contributed by atoms with van der Waals surface area (Å²) >= 11 is 0. The van der Waals surface area contributed by atoms with E-state index in [0.29, 0.717) is 12.2 Å². The van der Waals surface area contributed by atoms with Crippen LogP contribution in [0.5, 0.6) is 0 Å². The maximum absolute atomic E-state index is 12.6. The smallest absolute Gasteiger partial charge is 0.235 e. The standard InChI is InChI=1S/C23H28O2/c1-6-20(25-7-2)21(24)18-11-8-12-19(17-18)23(5)15-9-13-22(3,4)14-10-16-23/h8-12,15-17H,1,7,13-14H2,2-5H3/b15-9-,16-10?. The lowest BCUT2D eigenvalue weighted by Crippen LogP contribution is -2.20. The van der Waals surface area contributed by atoms with Crippen LogP contribution in [-0.2, 0) is 10.2 Å². The lowest BCUT2D eigenvalue weighted by molar-refractivity contribution is 0.0928. The summed E-state index contributed by atoms with van der Waals surface area (Å²) in [6, 6.07) is 7.74. The molecule has 0 radical (unpaired) electrons. The molecule has 0 saturated heterocycles. The second-order valence-corrected chi connectivity index (χ2v) is 7.51. The molecule has 25 heavy (non-hydrogen) atoms. The minimum atomic E-state index is -0.226. The number of ketones is 1. The van der Waals surface area contributed by atoms with Crippen molar-refractivity contribution < 1.29 is 9.53 Å². The number of hydrogen-bond donors (Lipinski definition) is 0. The summed E-state index contributed by atoms with van der Waals surface area (Å²) in [4.78, 5) is 12.6. The lowest BCUT2D eigenvalue weighted by Gasteiger charge is -2.29. The highest BCUT2D eigenvalue weighted by molar-refractivity contribution is 6.07. The Labute approximate surface area is 151 Å². The summed E-state index contributed by atoms with van der Waals surface area (Å²) in [7, 11) is 0. The van der Waals surface area contributed by atoms with Crippen molar-refractivity contribution in [1.82, 2.24) is 0 Å². The first kappa shape index (κ1) is 19.0. The molecule has 2 nitrogen and oxygen atoms in total. The van der Waals surface area contributed by atoms with Crippen LogP contribution >= 0.6 is 0 Å². The van der Waals surface area contributed by atoms with Gasteiger partial charge >= 0.3 is 0 Å². The molecule has 1 aromatic carbocycles. The Morgan fingerprint density at radius 3 is 2.40 bits per heavy atom. The maximum atomic E-state index is 12.6. The van der Waals surface area contributed by atoms with Gasteiger partial charge in [-0.1, -0.05) is 68.7 Å². The number of benzene rings is 1. The van der Waals surface area contributed by atoms with E-state index in [-0.39, 0.29) is 22.4 Å². The van der Waals surface area contributed by atoms with Crippen LogP contribution in [0, 0.1) is 5.41 Å². The fraction of sp³-hybridized carbons (Fsp3) is 0.391. The molecule has 0 N–H and O–H groups in total. The minimum absolute atomic E-state index is 0.176. The molecule has 2 heteroatoms. The van der Waals surface area contributed by atoms with Crippen molar-refractivity contribution in [3.63, 3.8) is 0 Å². The molecule has 132 valence electrons. The molecule has 0 aromatic heterocycles. The van der Waals surface area contributed by atoms with Crippen molar-refractivity contribution in [3.8, 4) is 0 Å². The SMILES string of the molecule is C=C=C(OCC)C(=O)c1cccc(C2(C)C=CCC(C)(C)C/C=C\2)c1. The molecule has 0 amide bonds. The Morgan fingerprint density at radius 1 is 1.20 bits per heavy atom. The normalized spacial score (nSPS) is 23.0. The van der Waals surface area contributed by atoms with E-state index >= 15 is 0 Å². The largest absolute Gasteiger partial charge is 0.483 e. The van der Waals surface area contributed by atoms with Gasteiger partial charge in [-0.25, -0.2) is 0 Å². The average Bonchev–Trinajstić information content (AvgIpc) is 2.57. The lowest BCUT2D eigenvalue weighted by atomic mass is 9.76. The molecule has 0 saturated carbocycles. The summed E-state index contributed by atoms with van der Waals surface area (Å²) in [5, 5.41) is 0. The first-order valence-electron chi connectivity index (χ1n) is 8.85. The minimum Gasteiger partial charge on any atom is -0.483 e. The van der Waals surface area contributed by atoms with Gasteiger partial charge in [0, 0.05) is 11.0 Å². The van der Waals surface area contributed by atoms with Crippen molar-refractivity contribution in [1.29, 1.82) is 0 Å². The van der Waals surface area contributed by atoms with Crippen LogP contribution < -0.4 is 0 Å². The second kappa shape index (κ2) is 7.72. The zero-order valence-corrected chi connectivity index (χ0v) is 15.8. The van der Waals surface area contributed by atoms with Crippen molar-refractivity contribution in [2.24, 2.45) is 5.41 Å². The fourth-order valence-electron chi connectivity index (χ4n) is 3.04. The van der Waals surface area contributed by atoms with E-state index in [1.54, 1.807) is 0 Å². The van der Waals surface area contributed by atoms with E-state index in [0.717, 1.165) is 18.4 Å². The number of Topliss-reactive ketones (excluding diaryl/α,β-unsaturated/α-hetero) is 1. The molecule has 1 unspecified atom stereocenters. The molecular weight excluding hydrogens is 308 g/mol. The number of carbonyl (C=O) groups excluding carboxylic acids is 1. The summed E-state index contributed by atoms with van der Waals surface area (Å²) in [6.45, 7) is 12.6. The Kier molecular flexibility index (Phi) is 5.87. The summed E-state index contributed by atoms with van der Waals surface area (Å²) in [5.74, 6) is -0.00228. The van der Waals surface area contributed by atoms with Gasteiger partial charge in [0.05, 0.1) is 6.61 Å². The van der Waals surface area contributed by atoms with E-state index in [2.05, 4.69) is 63.5 Å². The van der Waals surface area contributed by atoms with Gasteiger partial charge in [0.25, 0.3) is 0 Å². The number of carbonyl (C=O) groups is 1. The summed E-state index contributed by atoms with van der Waals surface area (Å²) < 4.78 is 5.34. The van der Waals surface area contributed by atoms with Gasteiger partial charge in [-0.05, 0) is 43.7 Å². The maximum Gasteiger partial charge on any atom is 0.235 e. The number of allylic oxidation sites excluding steroid dienone is 5. The molecule has 0 aliphatic heterocycles. The molecular formula is C23H28O2. The highest BCUT2D eigenvalue weighted by Crippen LogP contribution is 2.34. The van der Waals surface area contributed by atoms with Gasteiger partial charge in [0.2, 0.25) is 11.5 Å². The van der Waals surface area contributed by atoms with Crippen LogP contribution in [0.25, 0.3) is 0 Å². The van der Waals surface area contributed by atoms with Crippen molar-refractivity contribution >= 4 is 5.78 Å². The molecule has 0 bridgehead atoms. The number of ether oxygens (including phenoxy) is 1. The Hall–Kier alpha value is -2.31. The third-order valence-corrected chi connectivity index (χ3v) is 4.67. The fourth-order valence-corrected chi connectivity index (χ4v) is 3.04. The predicted octanol–water partition coefficient (Wildman–Crippen LogP) is 5.76. The van der Waals surface area contributed by atoms with Crippen molar-refractivity contribution in [2.75, 3.05) is 6.61 Å². The van der Waals surface area contributed by atoms with Crippen LogP contribution in [0.1, 0.15) is 56.5 Å². The Morgan fingerprint density at radius 2 is 1.84 bits per heavy atom. The van der Waals surface area contributed by atoms with Gasteiger partial charge in [0.1, 0.15) is 0 Å². The zero-order chi connectivity index (χ0) is 18.5. The van der Waals surface area contributed by atoms with Crippen LogP contribution in [-0.4, -0.2) is 12.4 Å². The molecule has 0 heterocycles. The van der Waals surface area contributed by atoms with E-state index in [4.69, 9.17) is 4.74 Å². The average molecular weight is 336 g/mol. The van der Waals surface area contributed by atoms with Crippen LogP contribution in [0.3, 0.4) is 0 Å². The Balaban J connectivity index is 2.36. The molecule has 1 aliphatic rings. The monoisotopic (exact) mass is 336 g/mol. The topological polar surface area (TPSA) is 26.3 Å². The first-order chi connectivity index (χ1) is 11.8. The quantitative estimate of drug-likeness (QED) is 0.224.